The molecule has 19 heavy (non-hydrogen) atoms. The molecule has 0 saturated heterocycles. The van der Waals surface area contributed by atoms with Gasteiger partial charge in [-0.15, -0.1) is 0 Å². The Morgan fingerprint density at radius 3 is 2.68 bits per heavy atom. The van der Waals surface area contributed by atoms with Crippen molar-refractivity contribution < 1.29 is 18.7 Å². The molecule has 0 aliphatic heterocycles. The number of hydrogen-bond donors (Lipinski definition) is 1. The first-order valence-corrected chi connectivity index (χ1v) is 6.35. The normalized spacial score (nSPS) is 12.2. The van der Waals surface area contributed by atoms with E-state index in [-0.39, 0.29) is 24.4 Å². The van der Waals surface area contributed by atoms with E-state index in [1.54, 1.807) is 19.1 Å². The Labute approximate surface area is 112 Å². The minimum absolute atomic E-state index is 0.0273. The molecule has 0 aliphatic rings. The number of nitrogens with one attached hydrogen (secondary N) is 1. The van der Waals surface area contributed by atoms with Crippen LogP contribution in [0.2, 0.25) is 0 Å². The molecule has 0 bridgehead atoms. The quantitative estimate of drug-likeness (QED) is 0.579. The van der Waals surface area contributed by atoms with Crippen molar-refractivity contribution in [1.82, 2.24) is 5.32 Å². The zero-order chi connectivity index (χ0) is 14.1. The smallest absolute Gasteiger partial charge is 0.332 e. The molecule has 0 spiro atoms. The molecule has 4 nitrogen and oxygen atoms in total. The first kappa shape index (κ1) is 15.6. The lowest BCUT2D eigenvalue weighted by Gasteiger charge is -2.14. The topological polar surface area (TPSA) is 47.6 Å². The lowest BCUT2D eigenvalue weighted by atomic mass is 10.1. The molecule has 0 radical (unpaired) electrons. The van der Waals surface area contributed by atoms with Gasteiger partial charge >= 0.3 is 5.97 Å². The molecule has 0 heterocycles. The highest BCUT2D eigenvalue weighted by Gasteiger charge is 2.05. The zero-order valence-electron chi connectivity index (χ0n) is 11.3. The van der Waals surface area contributed by atoms with Crippen molar-refractivity contribution in [2.24, 2.45) is 0 Å². The van der Waals surface area contributed by atoms with Gasteiger partial charge in [-0.25, -0.2) is 9.18 Å². The molecule has 106 valence electrons. The van der Waals surface area contributed by atoms with E-state index >= 15 is 0 Å². The van der Waals surface area contributed by atoms with E-state index in [0.29, 0.717) is 19.8 Å². The highest BCUT2D eigenvalue weighted by Crippen LogP contribution is 2.12. The summed E-state index contributed by atoms with van der Waals surface area (Å²) in [5, 5.41) is 3.22. The number of esters is 1. The van der Waals surface area contributed by atoms with E-state index in [4.69, 9.17) is 9.47 Å². The molecule has 5 heteroatoms. The molecule has 0 fully saturated rings. The third kappa shape index (κ3) is 6.31. The first-order chi connectivity index (χ1) is 9.13. The molecule has 0 saturated carbocycles. The van der Waals surface area contributed by atoms with Crippen LogP contribution in [0.5, 0.6) is 0 Å². The minimum Gasteiger partial charge on any atom is -0.464 e. The molecular weight excluding hydrogens is 249 g/mol. The van der Waals surface area contributed by atoms with Gasteiger partial charge in [-0.2, -0.15) is 0 Å². The Balaban J connectivity index is 2.15. The highest BCUT2D eigenvalue weighted by molar-refractivity contribution is 5.70. The van der Waals surface area contributed by atoms with Gasteiger partial charge in [0.15, 0.2) is 0 Å². The van der Waals surface area contributed by atoms with Crippen LogP contribution in [0.4, 0.5) is 4.39 Å². The number of hydrogen-bond acceptors (Lipinski definition) is 4. The Kier molecular flexibility index (Phi) is 7.07. The molecule has 0 aromatic heterocycles. The van der Waals surface area contributed by atoms with E-state index < -0.39 is 0 Å². The molecule has 1 aromatic rings. The second-order valence-corrected chi connectivity index (χ2v) is 4.08. The summed E-state index contributed by atoms with van der Waals surface area (Å²) < 4.78 is 22.6. The fourth-order valence-corrected chi connectivity index (χ4v) is 1.58. The third-order valence-corrected chi connectivity index (χ3v) is 2.59. The summed E-state index contributed by atoms with van der Waals surface area (Å²) in [4.78, 5) is 11.0. The minimum atomic E-state index is -0.353. The predicted octanol–water partition coefficient (Wildman–Crippen LogP) is 2.06. The summed E-state index contributed by atoms with van der Waals surface area (Å²) in [5.74, 6) is -0.595. The third-order valence-electron chi connectivity index (χ3n) is 2.59. The van der Waals surface area contributed by atoms with Crippen molar-refractivity contribution in [3.8, 4) is 0 Å². The second kappa shape index (κ2) is 8.61. The van der Waals surface area contributed by atoms with Crippen LogP contribution >= 0.6 is 0 Å². The van der Waals surface area contributed by atoms with Gasteiger partial charge in [-0.05, 0) is 31.5 Å². The number of rotatable bonds is 8. The van der Waals surface area contributed by atoms with Gasteiger partial charge < -0.3 is 14.8 Å². The van der Waals surface area contributed by atoms with Crippen LogP contribution in [0, 0.1) is 5.82 Å². The van der Waals surface area contributed by atoms with Gasteiger partial charge in [-0.3, -0.25) is 0 Å². The lowest BCUT2D eigenvalue weighted by molar-refractivity contribution is -0.148. The fraction of sp³-hybridized carbons (Fsp3) is 0.500. The zero-order valence-corrected chi connectivity index (χ0v) is 11.3. The van der Waals surface area contributed by atoms with Crippen LogP contribution in [-0.2, 0) is 14.3 Å². The van der Waals surface area contributed by atoms with Crippen molar-refractivity contribution in [2.45, 2.75) is 19.9 Å². The second-order valence-electron chi connectivity index (χ2n) is 4.08. The van der Waals surface area contributed by atoms with Crippen LogP contribution in [0.3, 0.4) is 0 Å². The number of benzene rings is 1. The number of halogens is 1. The summed E-state index contributed by atoms with van der Waals surface area (Å²) in [5.41, 5.74) is 1.01. The van der Waals surface area contributed by atoms with Crippen LogP contribution in [0.15, 0.2) is 24.3 Å². The van der Waals surface area contributed by atoms with Gasteiger partial charge in [0, 0.05) is 12.6 Å². The molecule has 1 atom stereocenters. The number of carbonyl (C=O) groups is 1. The van der Waals surface area contributed by atoms with Gasteiger partial charge in [-0.1, -0.05) is 12.1 Å². The Bertz CT molecular complexity index is 381. The Morgan fingerprint density at radius 1 is 1.37 bits per heavy atom. The van der Waals surface area contributed by atoms with E-state index in [1.807, 2.05) is 6.92 Å². The maximum Gasteiger partial charge on any atom is 0.332 e. The van der Waals surface area contributed by atoms with Crippen LogP contribution in [0.1, 0.15) is 25.5 Å². The Hall–Kier alpha value is -1.46. The highest BCUT2D eigenvalue weighted by atomic mass is 19.1. The molecular formula is C14H20FNO3. The average Bonchev–Trinajstić information content (AvgIpc) is 2.39. The van der Waals surface area contributed by atoms with E-state index in [9.17, 15) is 9.18 Å². The van der Waals surface area contributed by atoms with E-state index in [0.717, 1.165) is 5.56 Å². The van der Waals surface area contributed by atoms with E-state index in [2.05, 4.69) is 5.32 Å². The molecule has 0 amide bonds. The van der Waals surface area contributed by atoms with Gasteiger partial charge in [0.05, 0.1) is 13.2 Å². The van der Waals surface area contributed by atoms with Crippen LogP contribution in [0.25, 0.3) is 0 Å². The van der Waals surface area contributed by atoms with Gasteiger partial charge in [0.1, 0.15) is 12.4 Å². The molecule has 1 N–H and O–H groups in total. The van der Waals surface area contributed by atoms with Crippen molar-refractivity contribution in [3.63, 3.8) is 0 Å². The number of carbonyl (C=O) groups excluding carboxylic acids is 1. The maximum atomic E-state index is 12.8. The Morgan fingerprint density at radius 2 is 2.05 bits per heavy atom. The molecule has 1 rings (SSSR count). The summed E-state index contributed by atoms with van der Waals surface area (Å²) in [6.45, 7) is 5.10. The summed E-state index contributed by atoms with van der Waals surface area (Å²) in [6, 6.07) is 6.46. The van der Waals surface area contributed by atoms with Crippen LogP contribution < -0.4 is 5.32 Å². The first-order valence-electron chi connectivity index (χ1n) is 6.35. The monoisotopic (exact) mass is 269 g/mol. The van der Waals surface area contributed by atoms with Crippen molar-refractivity contribution >= 4 is 5.97 Å². The summed E-state index contributed by atoms with van der Waals surface area (Å²) in [6.07, 6.45) is 0. The van der Waals surface area contributed by atoms with Crippen LogP contribution in [-0.4, -0.2) is 32.3 Å². The number of ether oxygens (including phenoxy) is 2. The lowest BCUT2D eigenvalue weighted by Crippen LogP contribution is -2.24. The van der Waals surface area contributed by atoms with Gasteiger partial charge in [0.2, 0.25) is 0 Å². The van der Waals surface area contributed by atoms with Crippen molar-refractivity contribution in [3.05, 3.63) is 35.6 Å². The molecule has 0 aliphatic carbocycles. The SMILES string of the molecule is CCOC(=O)COCCN[C@@H](C)c1ccc(F)cc1. The van der Waals surface area contributed by atoms with Gasteiger partial charge in [0.25, 0.3) is 0 Å². The van der Waals surface area contributed by atoms with E-state index in [1.165, 1.54) is 12.1 Å². The fourth-order valence-electron chi connectivity index (χ4n) is 1.58. The summed E-state index contributed by atoms with van der Waals surface area (Å²) in [7, 11) is 0. The summed E-state index contributed by atoms with van der Waals surface area (Å²) >= 11 is 0. The predicted molar refractivity (Wildman–Crippen MR) is 70.3 cm³/mol. The largest absolute Gasteiger partial charge is 0.464 e. The average molecular weight is 269 g/mol. The molecule has 1 aromatic carbocycles. The standard InChI is InChI=1S/C14H20FNO3/c1-3-19-14(17)10-18-9-8-16-11(2)12-4-6-13(15)7-5-12/h4-7,11,16H,3,8-10H2,1-2H3/t11-/m0/s1. The van der Waals surface area contributed by atoms with Crippen molar-refractivity contribution in [2.75, 3.05) is 26.4 Å². The van der Waals surface area contributed by atoms with Crippen molar-refractivity contribution in [1.29, 1.82) is 0 Å². The molecule has 0 unspecified atom stereocenters. The maximum absolute atomic E-state index is 12.8.